The second-order valence-electron chi connectivity index (χ2n) is 6.25. The average Bonchev–Trinajstić information content (AvgIpc) is 3.20. The molecule has 0 aliphatic heterocycles. The molecule has 0 atom stereocenters. The van der Waals surface area contributed by atoms with E-state index in [4.69, 9.17) is 0 Å². The monoisotopic (exact) mass is 417 g/mol. The zero-order chi connectivity index (χ0) is 19.9. The zero-order valence-electron chi connectivity index (χ0n) is 15.6. The van der Waals surface area contributed by atoms with Crippen LogP contribution >= 0.6 is 23.5 Å². The molecule has 1 aromatic heterocycles. The van der Waals surface area contributed by atoms with Gasteiger partial charge in [0, 0.05) is 16.1 Å². The highest BCUT2D eigenvalue weighted by Gasteiger charge is 2.16. The largest absolute Gasteiger partial charge is 0.293 e. The Kier molecular flexibility index (Phi) is 6.44. The van der Waals surface area contributed by atoms with Gasteiger partial charge in [-0.25, -0.2) is 0 Å². The van der Waals surface area contributed by atoms with Crippen molar-refractivity contribution in [1.29, 1.82) is 0 Å². The lowest BCUT2D eigenvalue weighted by atomic mass is 10.2. The van der Waals surface area contributed by atoms with E-state index in [1.807, 2.05) is 83.4 Å². The van der Waals surface area contributed by atoms with Crippen LogP contribution in [0.2, 0.25) is 0 Å². The summed E-state index contributed by atoms with van der Waals surface area (Å²) in [6, 6.07) is 29.6. The third-order valence-electron chi connectivity index (χ3n) is 4.25. The summed E-state index contributed by atoms with van der Waals surface area (Å²) in [5.74, 6) is 1.96. The molecule has 144 valence electrons. The minimum atomic E-state index is 0.0819. The van der Waals surface area contributed by atoms with Crippen molar-refractivity contribution in [3.63, 3.8) is 0 Å². The maximum Gasteiger partial charge on any atom is 0.196 e. The summed E-state index contributed by atoms with van der Waals surface area (Å²) in [7, 11) is 0. The van der Waals surface area contributed by atoms with Gasteiger partial charge in [-0.2, -0.15) is 0 Å². The van der Waals surface area contributed by atoms with Crippen molar-refractivity contribution >= 4 is 29.3 Å². The molecule has 0 saturated carbocycles. The van der Waals surface area contributed by atoms with Crippen LogP contribution < -0.4 is 0 Å². The lowest BCUT2D eigenvalue weighted by Crippen LogP contribution is -2.05. The van der Waals surface area contributed by atoms with Crippen LogP contribution in [-0.4, -0.2) is 26.3 Å². The van der Waals surface area contributed by atoms with Gasteiger partial charge in [0.05, 0.1) is 11.5 Å². The number of hydrogen-bond donors (Lipinski definition) is 0. The summed E-state index contributed by atoms with van der Waals surface area (Å²) >= 11 is 3.14. The summed E-state index contributed by atoms with van der Waals surface area (Å²) in [5, 5.41) is 9.53. The van der Waals surface area contributed by atoms with E-state index in [-0.39, 0.29) is 5.78 Å². The van der Waals surface area contributed by atoms with Gasteiger partial charge in [-0.3, -0.25) is 9.36 Å². The quantitative estimate of drug-likeness (QED) is 0.278. The fraction of sp³-hybridized carbons (Fsp3) is 0.0870. The minimum Gasteiger partial charge on any atom is -0.293 e. The Labute approximate surface area is 178 Å². The van der Waals surface area contributed by atoms with Crippen LogP contribution in [0.15, 0.2) is 101 Å². The van der Waals surface area contributed by atoms with Gasteiger partial charge in [0.1, 0.15) is 5.82 Å². The van der Waals surface area contributed by atoms with E-state index in [1.165, 1.54) is 16.7 Å². The molecule has 0 aliphatic carbocycles. The van der Waals surface area contributed by atoms with E-state index in [2.05, 4.69) is 22.3 Å². The minimum absolute atomic E-state index is 0.0819. The van der Waals surface area contributed by atoms with E-state index in [0.717, 1.165) is 16.7 Å². The predicted molar refractivity (Wildman–Crippen MR) is 119 cm³/mol. The van der Waals surface area contributed by atoms with Gasteiger partial charge < -0.3 is 0 Å². The number of nitrogens with zero attached hydrogens (tertiary/aromatic N) is 3. The van der Waals surface area contributed by atoms with Crippen LogP contribution in [0.1, 0.15) is 16.2 Å². The standard InChI is InChI=1S/C23H19N3OS2/c27-21(18-10-4-1-5-11-18)16-29-23-25-24-22(17-28-20-14-8-3-9-15-20)26(23)19-12-6-2-7-13-19/h1-15H,16-17H2. The molecule has 29 heavy (non-hydrogen) atoms. The van der Waals surface area contributed by atoms with Gasteiger partial charge in [-0.1, -0.05) is 78.5 Å². The average molecular weight is 418 g/mol. The number of hydrogen-bond acceptors (Lipinski definition) is 5. The fourth-order valence-electron chi connectivity index (χ4n) is 2.83. The fourth-order valence-corrected chi connectivity index (χ4v) is 4.52. The molecule has 4 rings (SSSR count). The maximum absolute atomic E-state index is 12.5. The highest BCUT2D eigenvalue weighted by atomic mass is 32.2. The molecule has 0 radical (unpaired) electrons. The molecular weight excluding hydrogens is 398 g/mol. The van der Waals surface area contributed by atoms with E-state index in [0.29, 0.717) is 17.1 Å². The van der Waals surface area contributed by atoms with Gasteiger partial charge in [-0.05, 0) is 24.3 Å². The lowest BCUT2D eigenvalue weighted by molar-refractivity contribution is 0.102. The van der Waals surface area contributed by atoms with Gasteiger partial charge in [0.2, 0.25) is 0 Å². The Morgan fingerprint density at radius 3 is 2.07 bits per heavy atom. The molecule has 6 heteroatoms. The number of Topliss-reactive ketones (excluding diaryl/α,β-unsaturated/α-hetero) is 1. The van der Waals surface area contributed by atoms with Crippen molar-refractivity contribution in [1.82, 2.24) is 14.8 Å². The summed E-state index contributed by atoms with van der Waals surface area (Å²) in [5.41, 5.74) is 1.71. The smallest absolute Gasteiger partial charge is 0.196 e. The molecule has 4 aromatic rings. The third kappa shape index (κ3) is 4.96. The highest BCUT2D eigenvalue weighted by molar-refractivity contribution is 7.99. The molecule has 0 bridgehead atoms. The van der Waals surface area contributed by atoms with Gasteiger partial charge in [0.15, 0.2) is 10.9 Å². The molecule has 0 unspecified atom stereocenters. The molecule has 0 N–H and O–H groups in total. The van der Waals surface area contributed by atoms with Crippen molar-refractivity contribution < 1.29 is 4.79 Å². The summed E-state index contributed by atoms with van der Waals surface area (Å²) in [6.07, 6.45) is 0. The number of ketones is 1. The Morgan fingerprint density at radius 2 is 1.38 bits per heavy atom. The summed E-state index contributed by atoms with van der Waals surface area (Å²) < 4.78 is 2.04. The van der Waals surface area contributed by atoms with E-state index >= 15 is 0 Å². The van der Waals surface area contributed by atoms with Crippen LogP contribution in [-0.2, 0) is 5.75 Å². The number of aromatic nitrogens is 3. The van der Waals surface area contributed by atoms with Crippen molar-refractivity contribution in [3.8, 4) is 5.69 Å². The summed E-state index contributed by atoms with van der Waals surface area (Å²) in [6.45, 7) is 0. The number of benzene rings is 3. The first-order chi connectivity index (χ1) is 14.3. The van der Waals surface area contributed by atoms with Crippen LogP contribution in [0.25, 0.3) is 5.69 Å². The van der Waals surface area contributed by atoms with Crippen LogP contribution in [0, 0.1) is 0 Å². The van der Waals surface area contributed by atoms with Crippen LogP contribution in [0.5, 0.6) is 0 Å². The molecule has 3 aromatic carbocycles. The van der Waals surface area contributed by atoms with Crippen molar-refractivity contribution in [2.45, 2.75) is 15.8 Å². The second-order valence-corrected chi connectivity index (χ2v) is 8.24. The van der Waals surface area contributed by atoms with Crippen molar-refractivity contribution in [2.75, 3.05) is 5.75 Å². The Balaban J connectivity index is 1.55. The number of thioether (sulfide) groups is 2. The number of carbonyl (C=O) groups is 1. The third-order valence-corrected chi connectivity index (χ3v) is 6.19. The van der Waals surface area contributed by atoms with Crippen LogP contribution in [0.4, 0.5) is 0 Å². The van der Waals surface area contributed by atoms with Crippen molar-refractivity contribution in [3.05, 3.63) is 102 Å². The predicted octanol–water partition coefficient (Wildman–Crippen LogP) is 5.53. The molecule has 0 aliphatic rings. The van der Waals surface area contributed by atoms with E-state index in [9.17, 15) is 4.79 Å². The molecular formula is C23H19N3OS2. The van der Waals surface area contributed by atoms with Crippen LogP contribution in [0.3, 0.4) is 0 Å². The molecule has 0 saturated heterocycles. The van der Waals surface area contributed by atoms with E-state index < -0.39 is 0 Å². The SMILES string of the molecule is O=C(CSc1nnc(CSc2ccccc2)n1-c1ccccc1)c1ccccc1. The maximum atomic E-state index is 12.5. The first-order valence-corrected chi connectivity index (χ1v) is 11.2. The Hall–Kier alpha value is -2.83. The van der Waals surface area contributed by atoms with Crippen molar-refractivity contribution in [2.24, 2.45) is 0 Å². The number of rotatable bonds is 8. The second kappa shape index (κ2) is 9.58. The molecule has 0 amide bonds. The van der Waals surface area contributed by atoms with Gasteiger partial charge in [0.25, 0.3) is 0 Å². The van der Waals surface area contributed by atoms with Gasteiger partial charge in [-0.15, -0.1) is 22.0 Å². The summed E-state index contributed by atoms with van der Waals surface area (Å²) in [4.78, 5) is 13.7. The molecule has 0 spiro atoms. The lowest BCUT2D eigenvalue weighted by Gasteiger charge is -2.10. The zero-order valence-corrected chi connectivity index (χ0v) is 17.3. The highest BCUT2D eigenvalue weighted by Crippen LogP contribution is 2.27. The Bertz CT molecular complexity index is 1070. The molecule has 4 nitrogen and oxygen atoms in total. The number of para-hydroxylation sites is 1. The van der Waals surface area contributed by atoms with Gasteiger partial charge >= 0.3 is 0 Å². The van der Waals surface area contributed by atoms with E-state index in [1.54, 1.807) is 11.8 Å². The number of carbonyl (C=O) groups excluding carboxylic acids is 1. The topological polar surface area (TPSA) is 47.8 Å². The first-order valence-electron chi connectivity index (χ1n) is 9.20. The molecule has 0 fully saturated rings. The molecule has 1 heterocycles. The normalized spacial score (nSPS) is 10.8. The first kappa shape index (κ1) is 19.5. The Morgan fingerprint density at radius 1 is 0.759 bits per heavy atom.